The first-order valence-electron chi connectivity index (χ1n) is 10.5. The molecule has 0 saturated carbocycles. The number of hydrogen-bond donors (Lipinski definition) is 2. The van der Waals surface area contributed by atoms with E-state index in [4.69, 9.17) is 11.6 Å². The van der Waals surface area contributed by atoms with Crippen LogP contribution in [-0.2, 0) is 0 Å². The number of thiazole rings is 1. The number of rotatable bonds is 5. The van der Waals surface area contributed by atoms with Crippen molar-refractivity contribution in [1.82, 2.24) is 10.3 Å². The third kappa shape index (κ3) is 4.64. The number of aryl methyl sites for hydroxylation is 1. The molecule has 1 amide bonds. The second-order valence-corrected chi connectivity index (χ2v) is 9.39. The van der Waals surface area contributed by atoms with Crippen LogP contribution >= 0.6 is 22.9 Å². The van der Waals surface area contributed by atoms with Crippen molar-refractivity contribution in [3.63, 3.8) is 0 Å². The van der Waals surface area contributed by atoms with Gasteiger partial charge in [-0.05, 0) is 56.5 Å². The number of anilines is 1. The number of carbonyl (C=O) groups excluding carboxylic acids is 1. The Kier molecular flexibility index (Phi) is 6.48. The predicted octanol–water partition coefficient (Wildman–Crippen LogP) is 5.18. The number of carbonyl (C=O) groups is 2. The third-order valence-electron chi connectivity index (χ3n) is 5.73. The van der Waals surface area contributed by atoms with E-state index in [1.807, 2.05) is 44.2 Å². The summed E-state index contributed by atoms with van der Waals surface area (Å²) in [5.74, 6) is -1.05. The van der Waals surface area contributed by atoms with Crippen LogP contribution in [0.15, 0.2) is 42.5 Å². The summed E-state index contributed by atoms with van der Waals surface area (Å²) < 4.78 is 0. The van der Waals surface area contributed by atoms with Crippen molar-refractivity contribution in [2.24, 2.45) is 0 Å². The molecule has 2 heterocycles. The number of piperidine rings is 1. The Hall–Kier alpha value is -2.90. The molecule has 1 aromatic heterocycles. The van der Waals surface area contributed by atoms with Gasteiger partial charge in [-0.1, -0.05) is 29.8 Å². The molecule has 0 aliphatic carbocycles. The fraction of sp³-hybridized carbons (Fsp3) is 0.292. The fourth-order valence-corrected chi connectivity index (χ4v) is 5.19. The summed E-state index contributed by atoms with van der Waals surface area (Å²) >= 11 is 7.35. The summed E-state index contributed by atoms with van der Waals surface area (Å²) in [5.41, 5.74) is 3.60. The van der Waals surface area contributed by atoms with Gasteiger partial charge >= 0.3 is 5.97 Å². The standard InChI is InChI=1S/C24H24ClN3O3S/c1-14-19(24(30)31)6-3-7-20(14)28-12-4-5-18(13-28)27-22(29)21-15(2)26-23(32-21)16-8-10-17(25)11-9-16/h3,6-11,18H,4-5,12-13H2,1-2H3,(H,27,29)(H,30,31)/t18-/m0/s1. The first kappa shape index (κ1) is 22.3. The van der Waals surface area contributed by atoms with Gasteiger partial charge in [-0.3, -0.25) is 4.79 Å². The van der Waals surface area contributed by atoms with Crippen molar-refractivity contribution in [3.8, 4) is 10.6 Å². The molecule has 0 spiro atoms. The van der Waals surface area contributed by atoms with Gasteiger partial charge in [0.25, 0.3) is 5.91 Å². The molecule has 2 N–H and O–H groups in total. The number of hydrogen-bond acceptors (Lipinski definition) is 5. The molecule has 0 radical (unpaired) electrons. The molecule has 1 aliphatic heterocycles. The van der Waals surface area contributed by atoms with E-state index in [0.29, 0.717) is 27.7 Å². The quantitative estimate of drug-likeness (QED) is 0.538. The maximum Gasteiger partial charge on any atom is 0.336 e. The number of nitrogens with one attached hydrogen (secondary N) is 1. The Labute approximate surface area is 195 Å². The molecule has 8 heteroatoms. The summed E-state index contributed by atoms with van der Waals surface area (Å²) in [6, 6.07) is 12.7. The minimum absolute atomic E-state index is 0.0235. The zero-order chi connectivity index (χ0) is 22.8. The highest BCUT2D eigenvalue weighted by Gasteiger charge is 2.25. The van der Waals surface area contributed by atoms with E-state index in [-0.39, 0.29) is 11.9 Å². The van der Waals surface area contributed by atoms with Crippen LogP contribution in [0.5, 0.6) is 0 Å². The highest BCUT2D eigenvalue weighted by Crippen LogP contribution is 2.30. The van der Waals surface area contributed by atoms with Gasteiger partial charge in [-0.25, -0.2) is 9.78 Å². The number of carboxylic acid groups (broad SMARTS) is 1. The van der Waals surface area contributed by atoms with E-state index in [9.17, 15) is 14.7 Å². The molecule has 0 unspecified atom stereocenters. The van der Waals surface area contributed by atoms with Crippen LogP contribution in [-0.4, -0.2) is 41.1 Å². The van der Waals surface area contributed by atoms with E-state index >= 15 is 0 Å². The van der Waals surface area contributed by atoms with E-state index in [1.165, 1.54) is 11.3 Å². The van der Waals surface area contributed by atoms with Gasteiger partial charge in [0, 0.05) is 35.4 Å². The molecular weight excluding hydrogens is 446 g/mol. The maximum absolute atomic E-state index is 13.0. The van der Waals surface area contributed by atoms with Gasteiger partial charge in [-0.15, -0.1) is 11.3 Å². The van der Waals surface area contributed by atoms with Gasteiger partial charge in [0.15, 0.2) is 0 Å². The molecule has 0 bridgehead atoms. The van der Waals surface area contributed by atoms with Crippen LogP contribution in [0.2, 0.25) is 5.02 Å². The second-order valence-electron chi connectivity index (χ2n) is 7.95. The van der Waals surface area contributed by atoms with Crippen LogP contribution < -0.4 is 10.2 Å². The number of aromatic carboxylic acids is 1. The summed E-state index contributed by atoms with van der Waals surface area (Å²) in [5, 5.41) is 14.0. The number of aromatic nitrogens is 1. The highest BCUT2D eigenvalue weighted by molar-refractivity contribution is 7.17. The lowest BCUT2D eigenvalue weighted by molar-refractivity contribution is 0.0696. The summed E-state index contributed by atoms with van der Waals surface area (Å²) in [4.78, 5) is 31.9. The molecule has 3 aromatic rings. The van der Waals surface area contributed by atoms with Crippen molar-refractivity contribution in [3.05, 3.63) is 69.2 Å². The lowest BCUT2D eigenvalue weighted by atomic mass is 10.0. The molecular formula is C24H24ClN3O3S. The topological polar surface area (TPSA) is 82.5 Å². The summed E-state index contributed by atoms with van der Waals surface area (Å²) in [6.45, 7) is 5.15. The van der Waals surface area contributed by atoms with Gasteiger partial charge in [-0.2, -0.15) is 0 Å². The number of halogens is 1. The molecule has 32 heavy (non-hydrogen) atoms. The molecule has 2 aromatic carbocycles. The molecule has 1 atom stereocenters. The van der Waals surface area contributed by atoms with E-state index < -0.39 is 5.97 Å². The van der Waals surface area contributed by atoms with Gasteiger partial charge < -0.3 is 15.3 Å². The second kappa shape index (κ2) is 9.30. The SMILES string of the molecule is Cc1nc(-c2ccc(Cl)cc2)sc1C(=O)N[C@H]1CCCN(c2cccc(C(=O)O)c2C)C1. The Morgan fingerprint density at radius 1 is 1.19 bits per heavy atom. The van der Waals surface area contributed by atoms with Crippen molar-refractivity contribution in [1.29, 1.82) is 0 Å². The zero-order valence-corrected chi connectivity index (χ0v) is 19.5. The van der Waals surface area contributed by atoms with E-state index in [2.05, 4.69) is 15.2 Å². The molecule has 1 aliphatic rings. The first-order valence-corrected chi connectivity index (χ1v) is 11.6. The summed E-state index contributed by atoms with van der Waals surface area (Å²) in [7, 11) is 0. The van der Waals surface area contributed by atoms with Crippen LogP contribution in [0.3, 0.4) is 0 Å². The third-order valence-corrected chi connectivity index (χ3v) is 7.18. The predicted molar refractivity (Wildman–Crippen MR) is 128 cm³/mol. The van der Waals surface area contributed by atoms with Gasteiger partial charge in [0.1, 0.15) is 9.88 Å². The Morgan fingerprint density at radius 2 is 1.94 bits per heavy atom. The Morgan fingerprint density at radius 3 is 2.66 bits per heavy atom. The minimum Gasteiger partial charge on any atom is -0.478 e. The lowest BCUT2D eigenvalue weighted by Crippen LogP contribution is -2.48. The maximum atomic E-state index is 13.0. The van der Waals surface area contributed by atoms with Gasteiger partial charge in [0.2, 0.25) is 0 Å². The normalized spacial score (nSPS) is 16.1. The fourth-order valence-electron chi connectivity index (χ4n) is 4.09. The molecule has 1 fully saturated rings. The molecule has 4 rings (SSSR count). The monoisotopic (exact) mass is 469 g/mol. The number of carboxylic acids is 1. The smallest absolute Gasteiger partial charge is 0.336 e. The first-order chi connectivity index (χ1) is 15.3. The number of nitrogens with zero attached hydrogens (tertiary/aromatic N) is 2. The molecule has 166 valence electrons. The summed E-state index contributed by atoms with van der Waals surface area (Å²) in [6.07, 6.45) is 1.79. The van der Waals surface area contributed by atoms with Crippen molar-refractivity contribution < 1.29 is 14.7 Å². The van der Waals surface area contributed by atoms with Crippen molar-refractivity contribution in [2.75, 3.05) is 18.0 Å². The minimum atomic E-state index is -0.927. The van der Waals surface area contributed by atoms with E-state index in [0.717, 1.165) is 41.2 Å². The number of amides is 1. The lowest BCUT2D eigenvalue weighted by Gasteiger charge is -2.35. The van der Waals surface area contributed by atoms with Crippen LogP contribution in [0.4, 0.5) is 5.69 Å². The Bertz CT molecular complexity index is 1160. The Balaban J connectivity index is 1.48. The van der Waals surface area contributed by atoms with E-state index in [1.54, 1.807) is 12.1 Å². The van der Waals surface area contributed by atoms with Gasteiger partial charge in [0.05, 0.1) is 11.3 Å². The van der Waals surface area contributed by atoms with Crippen molar-refractivity contribution in [2.45, 2.75) is 32.7 Å². The van der Waals surface area contributed by atoms with Crippen molar-refractivity contribution >= 4 is 40.5 Å². The average Bonchev–Trinajstić information content (AvgIpc) is 3.16. The molecule has 6 nitrogen and oxygen atoms in total. The average molecular weight is 470 g/mol. The largest absolute Gasteiger partial charge is 0.478 e. The number of benzene rings is 2. The van der Waals surface area contributed by atoms with Crippen LogP contribution in [0.25, 0.3) is 10.6 Å². The van der Waals surface area contributed by atoms with Crippen LogP contribution in [0.1, 0.15) is 44.1 Å². The highest BCUT2D eigenvalue weighted by atomic mass is 35.5. The zero-order valence-electron chi connectivity index (χ0n) is 17.9. The molecule has 1 saturated heterocycles. The van der Waals surface area contributed by atoms with Crippen LogP contribution in [0, 0.1) is 13.8 Å².